The van der Waals surface area contributed by atoms with Crippen LogP contribution in [-0.2, 0) is 6.18 Å². The third-order valence-corrected chi connectivity index (χ3v) is 3.57. The number of halogens is 3. The summed E-state index contributed by atoms with van der Waals surface area (Å²) >= 11 is 0. The first-order valence-electron chi connectivity index (χ1n) is 6.44. The van der Waals surface area contributed by atoms with Crippen LogP contribution in [0.5, 0.6) is 5.75 Å². The summed E-state index contributed by atoms with van der Waals surface area (Å²) in [6, 6.07) is 13.1. The quantitative estimate of drug-likeness (QED) is 0.739. The second-order valence-electron chi connectivity index (χ2n) is 4.85. The molecule has 104 valence electrons. The lowest BCUT2D eigenvalue weighted by molar-refractivity contribution is -0.137. The van der Waals surface area contributed by atoms with Crippen molar-refractivity contribution in [2.75, 3.05) is 6.61 Å². The van der Waals surface area contributed by atoms with Gasteiger partial charge in [0, 0.05) is 11.5 Å². The highest BCUT2D eigenvalue weighted by atomic mass is 19.4. The molecule has 1 aliphatic heterocycles. The van der Waals surface area contributed by atoms with Crippen LogP contribution in [0, 0.1) is 0 Å². The van der Waals surface area contributed by atoms with Gasteiger partial charge in [0.2, 0.25) is 0 Å². The topological polar surface area (TPSA) is 9.23 Å². The zero-order valence-electron chi connectivity index (χ0n) is 10.7. The van der Waals surface area contributed by atoms with Gasteiger partial charge in [0.05, 0.1) is 12.2 Å². The highest BCUT2D eigenvalue weighted by molar-refractivity contribution is 5.44. The van der Waals surface area contributed by atoms with E-state index in [2.05, 4.69) is 0 Å². The molecule has 0 amide bonds. The van der Waals surface area contributed by atoms with Crippen LogP contribution in [0.1, 0.15) is 29.0 Å². The lowest BCUT2D eigenvalue weighted by Crippen LogP contribution is -2.15. The van der Waals surface area contributed by atoms with Gasteiger partial charge in [-0.05, 0) is 24.1 Å². The Hall–Kier alpha value is -1.97. The average Bonchev–Trinajstić information content (AvgIpc) is 2.46. The summed E-state index contributed by atoms with van der Waals surface area (Å²) < 4.78 is 44.0. The molecule has 0 spiro atoms. The second kappa shape index (κ2) is 4.85. The van der Waals surface area contributed by atoms with Crippen LogP contribution in [0.3, 0.4) is 0 Å². The first-order valence-corrected chi connectivity index (χ1v) is 6.44. The standard InChI is InChI=1S/C16H13F3O/c17-16(18,19)12-5-3-4-11(10-12)13-8-9-20-15-7-2-1-6-14(13)15/h1-7,10,13H,8-9H2. The Morgan fingerprint density at radius 3 is 2.60 bits per heavy atom. The second-order valence-corrected chi connectivity index (χ2v) is 4.85. The molecular weight excluding hydrogens is 265 g/mol. The first kappa shape index (κ1) is 13.0. The van der Waals surface area contributed by atoms with Gasteiger partial charge in [0.15, 0.2) is 0 Å². The zero-order chi connectivity index (χ0) is 14.2. The molecule has 0 saturated heterocycles. The van der Waals surface area contributed by atoms with Gasteiger partial charge in [-0.25, -0.2) is 0 Å². The molecule has 2 aromatic carbocycles. The van der Waals surface area contributed by atoms with Gasteiger partial charge in [-0.1, -0.05) is 36.4 Å². The predicted octanol–water partition coefficient (Wildman–Crippen LogP) is 4.62. The molecule has 0 saturated carbocycles. The molecule has 0 bridgehead atoms. The molecule has 1 nitrogen and oxygen atoms in total. The van der Waals surface area contributed by atoms with Crippen LogP contribution in [0.15, 0.2) is 48.5 Å². The number of para-hydroxylation sites is 1. The number of fused-ring (bicyclic) bond motifs is 1. The summed E-state index contributed by atoms with van der Waals surface area (Å²) in [7, 11) is 0. The minimum Gasteiger partial charge on any atom is -0.493 e. The SMILES string of the molecule is FC(F)(F)c1cccc(C2CCOc3ccccc32)c1. The van der Waals surface area contributed by atoms with Crippen molar-refractivity contribution in [3.8, 4) is 5.75 Å². The molecule has 1 heterocycles. The number of hydrogen-bond donors (Lipinski definition) is 0. The summed E-state index contributed by atoms with van der Waals surface area (Å²) in [4.78, 5) is 0. The van der Waals surface area contributed by atoms with Gasteiger partial charge in [-0.3, -0.25) is 0 Å². The van der Waals surface area contributed by atoms with Gasteiger partial charge in [0.1, 0.15) is 5.75 Å². The lowest BCUT2D eigenvalue weighted by Gasteiger charge is -2.26. The highest BCUT2D eigenvalue weighted by Gasteiger charge is 2.31. The van der Waals surface area contributed by atoms with E-state index in [4.69, 9.17) is 4.74 Å². The molecule has 0 radical (unpaired) electrons. The number of alkyl halides is 3. The van der Waals surface area contributed by atoms with Crippen LogP contribution in [-0.4, -0.2) is 6.61 Å². The number of ether oxygens (including phenoxy) is 1. The van der Waals surface area contributed by atoms with E-state index in [1.165, 1.54) is 12.1 Å². The molecule has 3 rings (SSSR count). The Labute approximate surface area is 115 Å². The minimum absolute atomic E-state index is 0.0396. The van der Waals surface area contributed by atoms with Crippen molar-refractivity contribution in [1.29, 1.82) is 0 Å². The van der Waals surface area contributed by atoms with E-state index in [1.54, 1.807) is 6.07 Å². The molecule has 0 aromatic heterocycles. The van der Waals surface area contributed by atoms with Crippen LogP contribution in [0.25, 0.3) is 0 Å². The van der Waals surface area contributed by atoms with Crippen molar-refractivity contribution < 1.29 is 17.9 Å². The summed E-state index contributed by atoms with van der Waals surface area (Å²) in [5.74, 6) is 0.725. The van der Waals surface area contributed by atoms with Gasteiger partial charge in [-0.15, -0.1) is 0 Å². The maximum Gasteiger partial charge on any atom is 0.416 e. The van der Waals surface area contributed by atoms with Crippen molar-refractivity contribution in [3.05, 3.63) is 65.2 Å². The van der Waals surface area contributed by atoms with Crippen LogP contribution < -0.4 is 4.74 Å². The molecule has 0 fully saturated rings. The number of rotatable bonds is 1. The fourth-order valence-electron chi connectivity index (χ4n) is 2.62. The first-order chi connectivity index (χ1) is 9.55. The van der Waals surface area contributed by atoms with E-state index in [9.17, 15) is 13.2 Å². The van der Waals surface area contributed by atoms with Gasteiger partial charge < -0.3 is 4.74 Å². The predicted molar refractivity (Wildman–Crippen MR) is 69.8 cm³/mol. The molecule has 2 aromatic rings. The number of hydrogen-bond acceptors (Lipinski definition) is 1. The van der Waals surface area contributed by atoms with Crippen LogP contribution in [0.4, 0.5) is 13.2 Å². The molecule has 1 unspecified atom stereocenters. The maximum atomic E-state index is 12.8. The van der Waals surface area contributed by atoms with Crippen molar-refractivity contribution in [1.82, 2.24) is 0 Å². The van der Waals surface area contributed by atoms with Crippen molar-refractivity contribution in [2.24, 2.45) is 0 Å². The third-order valence-electron chi connectivity index (χ3n) is 3.57. The van der Waals surface area contributed by atoms with Crippen LogP contribution in [0.2, 0.25) is 0 Å². The molecule has 1 atom stereocenters. The van der Waals surface area contributed by atoms with E-state index < -0.39 is 11.7 Å². The summed E-state index contributed by atoms with van der Waals surface area (Å²) in [6.07, 6.45) is -3.61. The molecule has 20 heavy (non-hydrogen) atoms. The van der Waals surface area contributed by atoms with Crippen molar-refractivity contribution in [3.63, 3.8) is 0 Å². The Morgan fingerprint density at radius 2 is 1.80 bits per heavy atom. The summed E-state index contributed by atoms with van der Waals surface area (Å²) in [6.45, 7) is 0.526. The Bertz CT molecular complexity index is 619. The fraction of sp³-hybridized carbons (Fsp3) is 0.250. The monoisotopic (exact) mass is 278 g/mol. The normalized spacial score (nSPS) is 18.2. The third kappa shape index (κ3) is 2.38. The largest absolute Gasteiger partial charge is 0.493 e. The molecular formula is C16H13F3O. The Kier molecular flexibility index (Phi) is 3.16. The van der Waals surface area contributed by atoms with E-state index in [0.717, 1.165) is 17.4 Å². The summed E-state index contributed by atoms with van der Waals surface area (Å²) in [5.41, 5.74) is 1.05. The Balaban J connectivity index is 2.03. The highest BCUT2D eigenvalue weighted by Crippen LogP contribution is 2.39. The molecule has 0 N–H and O–H groups in total. The molecule has 4 heteroatoms. The lowest BCUT2D eigenvalue weighted by atomic mass is 9.86. The summed E-state index contributed by atoms with van der Waals surface area (Å²) in [5, 5.41) is 0. The number of benzene rings is 2. The van der Waals surface area contributed by atoms with E-state index >= 15 is 0 Å². The zero-order valence-corrected chi connectivity index (χ0v) is 10.7. The fourth-order valence-corrected chi connectivity index (χ4v) is 2.62. The Morgan fingerprint density at radius 1 is 1.00 bits per heavy atom. The average molecular weight is 278 g/mol. The van der Waals surface area contributed by atoms with Gasteiger partial charge in [-0.2, -0.15) is 13.2 Å². The smallest absolute Gasteiger partial charge is 0.416 e. The van der Waals surface area contributed by atoms with E-state index in [-0.39, 0.29) is 5.92 Å². The van der Waals surface area contributed by atoms with E-state index in [1.807, 2.05) is 24.3 Å². The van der Waals surface area contributed by atoms with Crippen molar-refractivity contribution >= 4 is 0 Å². The molecule has 0 aliphatic carbocycles. The molecule has 1 aliphatic rings. The van der Waals surface area contributed by atoms with Gasteiger partial charge in [0.25, 0.3) is 0 Å². The van der Waals surface area contributed by atoms with E-state index in [0.29, 0.717) is 18.6 Å². The minimum atomic E-state index is -4.30. The van der Waals surface area contributed by atoms with Crippen LogP contribution >= 0.6 is 0 Å². The van der Waals surface area contributed by atoms with Gasteiger partial charge >= 0.3 is 6.18 Å². The maximum absolute atomic E-state index is 12.8. The van der Waals surface area contributed by atoms with Crippen molar-refractivity contribution in [2.45, 2.75) is 18.5 Å².